The van der Waals surface area contributed by atoms with Gasteiger partial charge in [-0.3, -0.25) is 9.48 Å². The Balaban J connectivity index is 1.53. The number of carbonyl (C=O) groups is 1. The van der Waals surface area contributed by atoms with Gasteiger partial charge in [0, 0.05) is 43.8 Å². The summed E-state index contributed by atoms with van der Waals surface area (Å²) in [4.78, 5) is 19.5. The van der Waals surface area contributed by atoms with Gasteiger partial charge in [-0.15, -0.1) is 0 Å². The summed E-state index contributed by atoms with van der Waals surface area (Å²) in [6.45, 7) is 2.74. The Hall–Kier alpha value is -3.00. The van der Waals surface area contributed by atoms with Crippen LogP contribution in [0.25, 0.3) is 16.8 Å². The van der Waals surface area contributed by atoms with E-state index in [9.17, 15) is 4.79 Å². The summed E-state index contributed by atoms with van der Waals surface area (Å²) in [5.74, 6) is -0.0780. The first-order valence-electron chi connectivity index (χ1n) is 9.44. The Bertz CT molecular complexity index is 1240. The Labute approximate surface area is 176 Å². The number of nitrogens with zero attached hydrogens (tertiary/aromatic N) is 6. The molecule has 7 nitrogen and oxygen atoms in total. The van der Waals surface area contributed by atoms with Gasteiger partial charge >= 0.3 is 0 Å². The zero-order valence-electron chi connectivity index (χ0n) is 16.1. The zero-order valence-corrected chi connectivity index (χ0v) is 17.7. The molecule has 5 rings (SSSR count). The lowest BCUT2D eigenvalue weighted by atomic mass is 9.87. The third-order valence-electron chi connectivity index (χ3n) is 5.48. The average Bonchev–Trinajstić information content (AvgIpc) is 3.33. The fraction of sp³-hybridized carbons (Fsp3) is 0.238. The lowest BCUT2D eigenvalue weighted by Gasteiger charge is -2.36. The van der Waals surface area contributed by atoms with Crippen molar-refractivity contribution in [2.24, 2.45) is 7.05 Å². The van der Waals surface area contributed by atoms with Crippen molar-refractivity contribution in [2.75, 3.05) is 6.54 Å². The summed E-state index contributed by atoms with van der Waals surface area (Å²) in [7, 11) is 1.91. The van der Waals surface area contributed by atoms with Crippen LogP contribution >= 0.6 is 15.9 Å². The largest absolute Gasteiger partial charge is 0.330 e. The van der Waals surface area contributed by atoms with Gasteiger partial charge in [-0.25, -0.2) is 9.50 Å². The van der Waals surface area contributed by atoms with Crippen LogP contribution in [-0.4, -0.2) is 41.7 Å². The molecular weight excluding hydrogens is 432 g/mol. The van der Waals surface area contributed by atoms with E-state index in [1.807, 2.05) is 24.3 Å². The number of benzene rings is 1. The van der Waals surface area contributed by atoms with Crippen LogP contribution in [0.15, 0.2) is 53.5 Å². The lowest BCUT2D eigenvalue weighted by molar-refractivity contribution is 0.0672. The summed E-state index contributed by atoms with van der Waals surface area (Å²) in [5.41, 5.74) is 5.71. The van der Waals surface area contributed by atoms with E-state index in [4.69, 9.17) is 0 Å². The number of fused-ring (bicyclic) bond motifs is 2. The highest BCUT2D eigenvalue weighted by atomic mass is 79.9. The standard InChI is InChI=1S/C21H19BrN6O/c1-13-20-14(4-3-5-17(20)15-9-24-26(2)11-15)6-7-27(13)21(29)18-8-19-23-10-16(22)12-28(19)25-18/h3-5,8-13H,6-7H2,1-2H3. The van der Waals surface area contributed by atoms with E-state index < -0.39 is 0 Å². The minimum absolute atomic E-state index is 0.0628. The number of hydrogen-bond donors (Lipinski definition) is 0. The third kappa shape index (κ3) is 3.04. The van der Waals surface area contributed by atoms with E-state index in [2.05, 4.69) is 56.2 Å². The van der Waals surface area contributed by atoms with Gasteiger partial charge in [0.1, 0.15) is 0 Å². The second-order valence-corrected chi connectivity index (χ2v) is 8.23. The molecular formula is C21H19BrN6O. The normalized spacial score (nSPS) is 16.2. The molecule has 0 bridgehead atoms. The predicted octanol–water partition coefficient (Wildman–Crippen LogP) is 3.65. The third-order valence-corrected chi connectivity index (χ3v) is 5.89. The van der Waals surface area contributed by atoms with E-state index in [0.29, 0.717) is 17.9 Å². The highest BCUT2D eigenvalue weighted by molar-refractivity contribution is 9.10. The first-order chi connectivity index (χ1) is 14.0. The first-order valence-corrected chi connectivity index (χ1v) is 10.2. The molecule has 1 unspecified atom stereocenters. The predicted molar refractivity (Wildman–Crippen MR) is 112 cm³/mol. The van der Waals surface area contributed by atoms with Crippen molar-refractivity contribution in [3.8, 4) is 11.1 Å². The molecule has 3 aromatic heterocycles. The first kappa shape index (κ1) is 18.1. The Morgan fingerprint density at radius 3 is 2.90 bits per heavy atom. The quantitative estimate of drug-likeness (QED) is 0.467. The maximum absolute atomic E-state index is 13.3. The Morgan fingerprint density at radius 1 is 1.24 bits per heavy atom. The number of aromatic nitrogens is 5. The highest BCUT2D eigenvalue weighted by Gasteiger charge is 2.31. The monoisotopic (exact) mass is 450 g/mol. The van der Waals surface area contributed by atoms with Crippen molar-refractivity contribution in [1.82, 2.24) is 29.3 Å². The Kier molecular flexibility index (Phi) is 4.24. The molecule has 4 aromatic rings. The molecule has 146 valence electrons. The molecule has 1 aliphatic heterocycles. The van der Waals surface area contributed by atoms with E-state index in [1.165, 1.54) is 11.1 Å². The molecule has 1 atom stereocenters. The minimum atomic E-state index is -0.0780. The maximum atomic E-state index is 13.3. The second-order valence-electron chi connectivity index (χ2n) is 7.31. The minimum Gasteiger partial charge on any atom is -0.330 e. The average molecular weight is 451 g/mol. The van der Waals surface area contributed by atoms with E-state index >= 15 is 0 Å². The summed E-state index contributed by atoms with van der Waals surface area (Å²) >= 11 is 3.39. The molecule has 0 radical (unpaired) electrons. The van der Waals surface area contributed by atoms with E-state index in [-0.39, 0.29) is 11.9 Å². The molecule has 0 saturated heterocycles. The van der Waals surface area contributed by atoms with Gasteiger partial charge < -0.3 is 4.90 Å². The zero-order chi connectivity index (χ0) is 20.1. The summed E-state index contributed by atoms with van der Waals surface area (Å²) in [6.07, 6.45) is 8.19. The van der Waals surface area contributed by atoms with Crippen molar-refractivity contribution < 1.29 is 4.79 Å². The van der Waals surface area contributed by atoms with Crippen LogP contribution in [0.3, 0.4) is 0 Å². The van der Waals surface area contributed by atoms with E-state index in [1.54, 1.807) is 27.7 Å². The van der Waals surface area contributed by atoms with Crippen LogP contribution in [0.2, 0.25) is 0 Å². The topological polar surface area (TPSA) is 68.3 Å². The lowest BCUT2D eigenvalue weighted by Crippen LogP contribution is -2.39. The van der Waals surface area contributed by atoms with Crippen molar-refractivity contribution in [3.63, 3.8) is 0 Å². The van der Waals surface area contributed by atoms with Crippen LogP contribution in [0, 0.1) is 0 Å². The molecule has 0 aliphatic carbocycles. The number of halogens is 1. The fourth-order valence-electron chi connectivity index (χ4n) is 4.11. The van der Waals surface area contributed by atoms with Crippen molar-refractivity contribution >= 4 is 27.5 Å². The molecule has 0 saturated carbocycles. The highest BCUT2D eigenvalue weighted by Crippen LogP contribution is 2.37. The number of aryl methyl sites for hydroxylation is 1. The molecule has 8 heteroatoms. The van der Waals surface area contributed by atoms with Gasteiger partial charge in [0.2, 0.25) is 0 Å². The summed E-state index contributed by atoms with van der Waals surface area (Å²) in [6, 6.07) is 8.01. The summed E-state index contributed by atoms with van der Waals surface area (Å²) in [5, 5.41) is 8.76. The van der Waals surface area contributed by atoms with Gasteiger partial charge in [-0.2, -0.15) is 10.2 Å². The summed E-state index contributed by atoms with van der Waals surface area (Å²) < 4.78 is 4.24. The van der Waals surface area contributed by atoms with Crippen LogP contribution < -0.4 is 0 Å². The van der Waals surface area contributed by atoms with Crippen molar-refractivity contribution in [3.05, 3.63) is 70.3 Å². The van der Waals surface area contributed by atoms with Crippen LogP contribution in [0.5, 0.6) is 0 Å². The molecule has 29 heavy (non-hydrogen) atoms. The van der Waals surface area contributed by atoms with E-state index in [0.717, 1.165) is 22.0 Å². The number of carbonyl (C=O) groups excluding carboxylic acids is 1. The molecule has 0 N–H and O–H groups in total. The van der Waals surface area contributed by atoms with Gasteiger partial charge in [-0.1, -0.05) is 18.2 Å². The SMILES string of the molecule is CC1c2c(cccc2-c2cnn(C)c2)CCN1C(=O)c1cc2ncc(Br)cn2n1. The van der Waals surface area contributed by atoms with Crippen LogP contribution in [-0.2, 0) is 13.5 Å². The van der Waals surface area contributed by atoms with Crippen molar-refractivity contribution in [1.29, 1.82) is 0 Å². The maximum Gasteiger partial charge on any atom is 0.274 e. The number of hydrogen-bond acceptors (Lipinski definition) is 4. The van der Waals surface area contributed by atoms with Gasteiger partial charge in [-0.05, 0) is 46.0 Å². The van der Waals surface area contributed by atoms with Gasteiger partial charge in [0.15, 0.2) is 11.3 Å². The van der Waals surface area contributed by atoms with Gasteiger partial charge in [0.05, 0.1) is 16.7 Å². The van der Waals surface area contributed by atoms with Crippen molar-refractivity contribution in [2.45, 2.75) is 19.4 Å². The molecule has 1 aliphatic rings. The van der Waals surface area contributed by atoms with Crippen LogP contribution in [0.4, 0.5) is 0 Å². The number of rotatable bonds is 2. The fourth-order valence-corrected chi connectivity index (χ4v) is 4.41. The molecule has 1 aromatic carbocycles. The molecule has 0 fully saturated rings. The second kappa shape index (κ2) is 6.81. The molecule has 4 heterocycles. The smallest absolute Gasteiger partial charge is 0.274 e. The van der Waals surface area contributed by atoms with Crippen LogP contribution in [0.1, 0.15) is 34.6 Å². The Morgan fingerprint density at radius 2 is 2.10 bits per heavy atom. The molecule has 1 amide bonds. The molecule has 0 spiro atoms. The number of amides is 1. The van der Waals surface area contributed by atoms with Gasteiger partial charge in [0.25, 0.3) is 5.91 Å².